The molecule has 1 aliphatic carbocycles. The number of hydrogen-bond acceptors (Lipinski definition) is 5. The first-order chi connectivity index (χ1) is 16.5. The van der Waals surface area contributed by atoms with Crippen molar-refractivity contribution in [1.29, 1.82) is 0 Å². The Morgan fingerprint density at radius 3 is 2.53 bits per heavy atom. The molecule has 1 fully saturated rings. The van der Waals surface area contributed by atoms with E-state index in [9.17, 15) is 9.59 Å². The van der Waals surface area contributed by atoms with Gasteiger partial charge >= 0.3 is 0 Å². The standard InChI is InChI=1S/C26H25ClN2O4S/c1-32-20-12-15-11-16(25(30)28-19(15)13-21(20)33-2)14-29(17-7-3-4-8-17)26(31)24-23(27)18-9-5-6-10-22(18)34-24/h5-6,9-13,17H,3-4,7-8,14H2,1-2H3,(H,28,30). The smallest absolute Gasteiger partial charge is 0.266 e. The second kappa shape index (κ2) is 9.31. The largest absolute Gasteiger partial charge is 0.493 e. The number of carbonyl (C=O) groups excluding carboxylic acids is 1. The number of aromatic nitrogens is 1. The van der Waals surface area contributed by atoms with Crippen molar-refractivity contribution in [3.63, 3.8) is 0 Å². The van der Waals surface area contributed by atoms with Crippen LogP contribution in [-0.4, -0.2) is 36.1 Å². The topological polar surface area (TPSA) is 71.6 Å². The van der Waals surface area contributed by atoms with E-state index < -0.39 is 0 Å². The molecule has 6 nitrogen and oxygen atoms in total. The molecule has 5 rings (SSSR count). The number of amides is 1. The lowest BCUT2D eigenvalue weighted by Crippen LogP contribution is -2.39. The van der Waals surface area contributed by atoms with E-state index in [-0.39, 0.29) is 24.1 Å². The minimum atomic E-state index is -0.224. The van der Waals surface area contributed by atoms with Crippen molar-refractivity contribution < 1.29 is 14.3 Å². The highest BCUT2D eigenvalue weighted by Crippen LogP contribution is 2.38. The van der Waals surface area contributed by atoms with Crippen LogP contribution in [0.4, 0.5) is 0 Å². The Hall–Kier alpha value is -3.03. The van der Waals surface area contributed by atoms with Crippen molar-refractivity contribution in [1.82, 2.24) is 9.88 Å². The Kier molecular flexibility index (Phi) is 6.23. The van der Waals surface area contributed by atoms with E-state index in [2.05, 4.69) is 4.98 Å². The van der Waals surface area contributed by atoms with Gasteiger partial charge in [0.2, 0.25) is 0 Å². The van der Waals surface area contributed by atoms with Gasteiger partial charge in [-0.1, -0.05) is 42.6 Å². The molecule has 8 heteroatoms. The molecule has 0 saturated heterocycles. The number of halogens is 1. The lowest BCUT2D eigenvalue weighted by atomic mass is 10.1. The molecule has 176 valence electrons. The quantitative estimate of drug-likeness (QED) is 0.355. The van der Waals surface area contributed by atoms with Crippen LogP contribution in [0.3, 0.4) is 0 Å². The second-order valence-electron chi connectivity index (χ2n) is 8.53. The maximum absolute atomic E-state index is 13.8. The van der Waals surface area contributed by atoms with E-state index >= 15 is 0 Å². The van der Waals surface area contributed by atoms with Gasteiger partial charge in [0.05, 0.1) is 31.3 Å². The van der Waals surface area contributed by atoms with Gasteiger partial charge in [-0.2, -0.15) is 0 Å². The summed E-state index contributed by atoms with van der Waals surface area (Å²) < 4.78 is 11.8. The molecule has 2 aromatic heterocycles. The lowest BCUT2D eigenvalue weighted by Gasteiger charge is -2.28. The van der Waals surface area contributed by atoms with Crippen LogP contribution in [0.15, 0.2) is 47.3 Å². The number of hydrogen-bond donors (Lipinski definition) is 1. The van der Waals surface area contributed by atoms with Crippen molar-refractivity contribution in [2.75, 3.05) is 14.2 Å². The van der Waals surface area contributed by atoms with Crippen molar-refractivity contribution in [2.24, 2.45) is 0 Å². The molecular formula is C26H25ClN2O4S. The fraction of sp³-hybridized carbons (Fsp3) is 0.308. The fourth-order valence-corrected chi connectivity index (χ4v) is 6.21. The maximum atomic E-state index is 13.8. The average molecular weight is 497 g/mol. The van der Waals surface area contributed by atoms with E-state index in [4.69, 9.17) is 21.1 Å². The zero-order valence-corrected chi connectivity index (χ0v) is 20.6. The van der Waals surface area contributed by atoms with E-state index in [0.717, 1.165) is 41.2 Å². The first-order valence-electron chi connectivity index (χ1n) is 11.3. The minimum Gasteiger partial charge on any atom is -0.493 e. The van der Waals surface area contributed by atoms with E-state index in [1.807, 2.05) is 41.3 Å². The van der Waals surface area contributed by atoms with Crippen LogP contribution in [0.25, 0.3) is 21.0 Å². The minimum absolute atomic E-state index is 0.0780. The number of fused-ring (bicyclic) bond motifs is 2. The summed E-state index contributed by atoms with van der Waals surface area (Å²) in [7, 11) is 3.13. The highest BCUT2D eigenvalue weighted by atomic mass is 35.5. The lowest BCUT2D eigenvalue weighted by molar-refractivity contribution is 0.0669. The summed E-state index contributed by atoms with van der Waals surface area (Å²) in [5, 5.41) is 2.18. The Morgan fingerprint density at radius 1 is 1.12 bits per heavy atom. The molecule has 1 aliphatic rings. The van der Waals surface area contributed by atoms with Gasteiger partial charge in [0.1, 0.15) is 4.88 Å². The Morgan fingerprint density at radius 2 is 1.82 bits per heavy atom. The molecule has 1 N–H and O–H groups in total. The summed E-state index contributed by atoms with van der Waals surface area (Å²) in [6, 6.07) is 13.2. The third kappa shape index (κ3) is 4.03. The van der Waals surface area contributed by atoms with E-state index in [0.29, 0.717) is 32.5 Å². The van der Waals surface area contributed by atoms with Crippen LogP contribution >= 0.6 is 22.9 Å². The summed E-state index contributed by atoms with van der Waals surface area (Å²) in [6.45, 7) is 0.216. The van der Waals surface area contributed by atoms with Crippen molar-refractivity contribution >= 4 is 49.8 Å². The van der Waals surface area contributed by atoms with Crippen molar-refractivity contribution in [3.05, 3.63) is 68.3 Å². The molecule has 0 atom stereocenters. The van der Waals surface area contributed by atoms with Crippen LogP contribution in [0.1, 0.15) is 40.9 Å². The predicted octanol–water partition coefficient (Wildman–Crippen LogP) is 6.00. The summed E-state index contributed by atoms with van der Waals surface area (Å²) in [4.78, 5) is 32.1. The van der Waals surface area contributed by atoms with Crippen molar-refractivity contribution in [2.45, 2.75) is 38.3 Å². The van der Waals surface area contributed by atoms with Gasteiger partial charge in [0, 0.05) is 33.1 Å². The maximum Gasteiger partial charge on any atom is 0.266 e. The number of H-pyrrole nitrogens is 1. The number of nitrogens with one attached hydrogen (secondary N) is 1. The Bertz CT molecular complexity index is 1440. The van der Waals surface area contributed by atoms with E-state index in [1.165, 1.54) is 11.3 Å². The zero-order valence-electron chi connectivity index (χ0n) is 19.0. The molecule has 0 radical (unpaired) electrons. The number of benzene rings is 2. The molecule has 0 bridgehead atoms. The highest BCUT2D eigenvalue weighted by Gasteiger charge is 2.31. The monoisotopic (exact) mass is 496 g/mol. The Balaban J connectivity index is 1.55. The van der Waals surface area contributed by atoms with Gasteiger partial charge in [0.25, 0.3) is 11.5 Å². The number of methoxy groups -OCH3 is 2. The molecule has 4 aromatic rings. The number of aromatic amines is 1. The number of thiophene rings is 1. The van der Waals surface area contributed by atoms with Gasteiger partial charge in [-0.15, -0.1) is 11.3 Å². The Labute approximate surface area is 206 Å². The molecule has 0 spiro atoms. The highest BCUT2D eigenvalue weighted by molar-refractivity contribution is 7.21. The fourth-order valence-electron chi connectivity index (χ4n) is 4.74. The number of carbonyl (C=O) groups is 1. The third-order valence-electron chi connectivity index (χ3n) is 6.52. The number of nitrogens with zero attached hydrogens (tertiary/aromatic N) is 1. The van der Waals surface area contributed by atoms with Crippen LogP contribution in [0.5, 0.6) is 11.5 Å². The summed E-state index contributed by atoms with van der Waals surface area (Å²) in [5.41, 5.74) is 0.952. The number of pyridine rings is 1. The van der Waals surface area contributed by atoms with Crippen molar-refractivity contribution in [3.8, 4) is 11.5 Å². The summed E-state index contributed by atoms with van der Waals surface area (Å²) >= 11 is 8.05. The molecule has 0 aliphatic heterocycles. The number of ether oxygens (including phenoxy) is 2. The van der Waals surface area contributed by atoms with Gasteiger partial charge in [-0.3, -0.25) is 9.59 Å². The zero-order chi connectivity index (χ0) is 23.8. The van der Waals surface area contributed by atoms with Gasteiger partial charge in [-0.25, -0.2) is 0 Å². The first kappa shape index (κ1) is 22.7. The van der Waals surface area contributed by atoms with E-state index in [1.54, 1.807) is 20.3 Å². The second-order valence-corrected chi connectivity index (χ2v) is 9.96. The van der Waals surface area contributed by atoms with Gasteiger partial charge in [-0.05, 0) is 31.0 Å². The normalized spacial score (nSPS) is 14.1. The van der Waals surface area contributed by atoms with Crippen LogP contribution in [-0.2, 0) is 6.54 Å². The van der Waals surface area contributed by atoms with Gasteiger partial charge < -0.3 is 19.4 Å². The molecule has 1 amide bonds. The summed E-state index contributed by atoms with van der Waals surface area (Å²) in [5.74, 6) is 0.999. The van der Waals surface area contributed by atoms with Crippen LogP contribution in [0, 0.1) is 0 Å². The predicted molar refractivity (Wildman–Crippen MR) is 137 cm³/mol. The average Bonchev–Trinajstić information content (AvgIpc) is 3.50. The molecule has 2 heterocycles. The summed E-state index contributed by atoms with van der Waals surface area (Å²) in [6.07, 6.45) is 3.98. The first-order valence-corrected chi connectivity index (χ1v) is 12.5. The molecular weight excluding hydrogens is 472 g/mol. The number of rotatable bonds is 6. The third-order valence-corrected chi connectivity index (χ3v) is 8.18. The molecule has 34 heavy (non-hydrogen) atoms. The molecule has 2 aromatic carbocycles. The van der Waals surface area contributed by atoms with Crippen LogP contribution in [0.2, 0.25) is 5.02 Å². The molecule has 1 saturated carbocycles. The van der Waals surface area contributed by atoms with Gasteiger partial charge in [0.15, 0.2) is 11.5 Å². The molecule has 0 unspecified atom stereocenters. The van der Waals surface area contributed by atoms with Crippen LogP contribution < -0.4 is 15.0 Å². The SMILES string of the molecule is COc1cc2cc(CN(C(=O)c3sc4ccccc4c3Cl)C3CCCC3)c(=O)[nH]c2cc1OC.